The maximum absolute atomic E-state index is 10.5. The lowest BCUT2D eigenvalue weighted by atomic mass is 9.77. The van der Waals surface area contributed by atoms with E-state index in [0.29, 0.717) is 11.8 Å². The van der Waals surface area contributed by atoms with Gasteiger partial charge in [-0.15, -0.1) is 5.10 Å². The highest BCUT2D eigenvalue weighted by Gasteiger charge is 2.43. The first kappa shape index (κ1) is 14.6. The van der Waals surface area contributed by atoms with Crippen LogP contribution in [0.4, 0.5) is 5.82 Å². The predicted molar refractivity (Wildman–Crippen MR) is 85.0 cm³/mol. The number of aliphatic hydroxyl groups is 1. The Morgan fingerprint density at radius 3 is 2.70 bits per heavy atom. The summed E-state index contributed by atoms with van der Waals surface area (Å²) in [5.41, 5.74) is 2.37. The van der Waals surface area contributed by atoms with Gasteiger partial charge in [-0.2, -0.15) is 10.2 Å². The Balaban J connectivity index is 1.54. The Morgan fingerprint density at radius 2 is 1.96 bits per heavy atom. The number of anilines is 1. The molecule has 7 heteroatoms. The van der Waals surface area contributed by atoms with Crippen LogP contribution in [0.15, 0.2) is 18.9 Å². The number of aryl methyl sites for hydroxylation is 1. The zero-order valence-corrected chi connectivity index (χ0v) is 13.5. The molecular formula is C16H22N6O. The van der Waals surface area contributed by atoms with E-state index in [9.17, 15) is 5.11 Å². The smallest absolute Gasteiger partial charge is 0.154 e. The van der Waals surface area contributed by atoms with Crippen molar-refractivity contribution in [1.82, 2.24) is 25.0 Å². The summed E-state index contributed by atoms with van der Waals surface area (Å²) in [6, 6.07) is 0.0309. The topological polar surface area (TPSA) is 80.0 Å². The second-order valence-corrected chi connectivity index (χ2v) is 6.88. The zero-order chi connectivity index (χ0) is 16.0. The first-order chi connectivity index (χ1) is 11.1. The molecule has 3 heterocycles. The van der Waals surface area contributed by atoms with Crippen LogP contribution >= 0.6 is 0 Å². The minimum atomic E-state index is -0.359. The molecule has 2 aromatic heterocycles. The Bertz CT molecular complexity index is 688. The minimum Gasteiger partial charge on any atom is -0.391 e. The molecule has 0 aromatic carbocycles. The Kier molecular flexibility index (Phi) is 3.52. The lowest BCUT2D eigenvalue weighted by molar-refractivity contribution is 0.0305. The van der Waals surface area contributed by atoms with Gasteiger partial charge in [-0.1, -0.05) is 0 Å². The molecule has 4 rings (SSSR count). The van der Waals surface area contributed by atoms with Gasteiger partial charge < -0.3 is 10.0 Å². The van der Waals surface area contributed by atoms with Gasteiger partial charge in [-0.25, -0.2) is 9.67 Å². The number of aromatic nitrogens is 5. The molecule has 0 unspecified atom stereocenters. The predicted octanol–water partition coefficient (Wildman–Crippen LogP) is 1.13. The Morgan fingerprint density at radius 1 is 1.17 bits per heavy atom. The fraction of sp³-hybridized carbons (Fsp3) is 0.625. The van der Waals surface area contributed by atoms with Crippen LogP contribution < -0.4 is 4.90 Å². The van der Waals surface area contributed by atoms with E-state index in [1.165, 1.54) is 17.5 Å². The van der Waals surface area contributed by atoms with Gasteiger partial charge in [0.1, 0.15) is 12.7 Å². The molecule has 23 heavy (non-hydrogen) atoms. The highest BCUT2D eigenvalue weighted by atomic mass is 16.3. The van der Waals surface area contributed by atoms with Gasteiger partial charge in [-0.05, 0) is 49.7 Å². The summed E-state index contributed by atoms with van der Waals surface area (Å²) < 4.78 is 1.81. The van der Waals surface area contributed by atoms with Crippen molar-refractivity contribution in [1.29, 1.82) is 0 Å². The molecule has 7 nitrogen and oxygen atoms in total. The van der Waals surface area contributed by atoms with E-state index in [0.717, 1.165) is 31.7 Å². The van der Waals surface area contributed by atoms with Crippen molar-refractivity contribution in [3.8, 4) is 0 Å². The van der Waals surface area contributed by atoms with Crippen LogP contribution in [0.5, 0.6) is 0 Å². The summed E-state index contributed by atoms with van der Waals surface area (Å²) in [6.45, 7) is 6.10. The van der Waals surface area contributed by atoms with Crippen LogP contribution in [-0.2, 0) is 0 Å². The van der Waals surface area contributed by atoms with Crippen LogP contribution in [0.25, 0.3) is 0 Å². The highest BCUT2D eigenvalue weighted by Crippen LogP contribution is 2.42. The minimum absolute atomic E-state index is 0.0309. The number of aliphatic hydroxyl groups excluding tert-OH is 1. The SMILES string of the molecule is Cc1cnnc(N2C[C@H]3C[C@@H](n4cncn4)[C@H](O)C[C@H]3C2)c1C. The third-order valence-corrected chi connectivity index (χ3v) is 5.52. The number of nitrogens with zero attached hydrogens (tertiary/aromatic N) is 6. The molecule has 2 aromatic rings. The summed E-state index contributed by atoms with van der Waals surface area (Å²) in [5.74, 6) is 2.05. The van der Waals surface area contributed by atoms with Gasteiger partial charge in [0, 0.05) is 13.1 Å². The van der Waals surface area contributed by atoms with Crippen molar-refractivity contribution < 1.29 is 5.11 Å². The van der Waals surface area contributed by atoms with E-state index in [-0.39, 0.29) is 12.1 Å². The van der Waals surface area contributed by atoms with E-state index >= 15 is 0 Å². The van der Waals surface area contributed by atoms with E-state index in [2.05, 4.69) is 39.0 Å². The molecule has 1 saturated carbocycles. The molecule has 0 amide bonds. The third-order valence-electron chi connectivity index (χ3n) is 5.52. The molecule has 4 atom stereocenters. The van der Waals surface area contributed by atoms with Crippen molar-refractivity contribution >= 4 is 5.82 Å². The zero-order valence-electron chi connectivity index (χ0n) is 13.5. The van der Waals surface area contributed by atoms with E-state index < -0.39 is 0 Å². The molecule has 122 valence electrons. The van der Waals surface area contributed by atoms with Gasteiger partial charge >= 0.3 is 0 Å². The number of hydrogen-bond donors (Lipinski definition) is 1. The second kappa shape index (κ2) is 5.56. The van der Waals surface area contributed by atoms with Crippen LogP contribution in [0.1, 0.15) is 30.0 Å². The van der Waals surface area contributed by atoms with Crippen molar-refractivity contribution in [2.45, 2.75) is 38.8 Å². The van der Waals surface area contributed by atoms with Gasteiger partial charge in [0.25, 0.3) is 0 Å². The Labute approximate surface area is 135 Å². The maximum Gasteiger partial charge on any atom is 0.154 e. The molecule has 1 N–H and O–H groups in total. The molecule has 0 bridgehead atoms. The van der Waals surface area contributed by atoms with Gasteiger partial charge in [-0.3, -0.25) is 0 Å². The quantitative estimate of drug-likeness (QED) is 0.895. The van der Waals surface area contributed by atoms with E-state index in [1.807, 2.05) is 6.20 Å². The summed E-state index contributed by atoms with van der Waals surface area (Å²) >= 11 is 0. The van der Waals surface area contributed by atoms with Crippen molar-refractivity contribution in [3.63, 3.8) is 0 Å². The fourth-order valence-electron chi connectivity index (χ4n) is 4.07. The number of fused-ring (bicyclic) bond motifs is 1. The first-order valence-corrected chi connectivity index (χ1v) is 8.19. The molecule has 2 fully saturated rings. The van der Waals surface area contributed by atoms with Crippen LogP contribution in [0, 0.1) is 25.7 Å². The largest absolute Gasteiger partial charge is 0.391 e. The average molecular weight is 314 g/mol. The molecule has 1 saturated heterocycles. The lowest BCUT2D eigenvalue weighted by Gasteiger charge is -2.34. The first-order valence-electron chi connectivity index (χ1n) is 8.19. The number of rotatable bonds is 2. The molecule has 0 radical (unpaired) electrons. The normalized spacial score (nSPS) is 30.5. The van der Waals surface area contributed by atoms with Gasteiger partial charge in [0.2, 0.25) is 0 Å². The summed E-state index contributed by atoms with van der Waals surface area (Å²) in [6.07, 6.45) is 6.44. The van der Waals surface area contributed by atoms with Crippen molar-refractivity contribution in [3.05, 3.63) is 30.0 Å². The summed E-state index contributed by atoms with van der Waals surface area (Å²) in [4.78, 5) is 6.35. The summed E-state index contributed by atoms with van der Waals surface area (Å²) in [5, 5.41) is 23.2. The molecule has 1 aliphatic heterocycles. The highest BCUT2D eigenvalue weighted by molar-refractivity contribution is 5.49. The van der Waals surface area contributed by atoms with Crippen LogP contribution in [0.2, 0.25) is 0 Å². The van der Waals surface area contributed by atoms with Gasteiger partial charge in [0.15, 0.2) is 5.82 Å². The van der Waals surface area contributed by atoms with Gasteiger partial charge in [0.05, 0.1) is 18.3 Å². The van der Waals surface area contributed by atoms with E-state index in [1.54, 1.807) is 11.0 Å². The van der Waals surface area contributed by atoms with Crippen molar-refractivity contribution in [2.24, 2.45) is 11.8 Å². The fourth-order valence-corrected chi connectivity index (χ4v) is 4.07. The average Bonchev–Trinajstić information content (AvgIpc) is 3.18. The van der Waals surface area contributed by atoms with Crippen molar-refractivity contribution in [2.75, 3.05) is 18.0 Å². The Hall–Kier alpha value is -2.02. The second-order valence-electron chi connectivity index (χ2n) is 6.88. The molecule has 2 aliphatic rings. The van der Waals surface area contributed by atoms with Crippen LogP contribution in [-0.4, -0.2) is 49.3 Å². The third kappa shape index (κ3) is 2.49. The summed E-state index contributed by atoms with van der Waals surface area (Å²) in [7, 11) is 0. The lowest BCUT2D eigenvalue weighted by Crippen LogP contribution is -2.36. The van der Waals surface area contributed by atoms with E-state index in [4.69, 9.17) is 0 Å². The molecule has 0 spiro atoms. The standard InChI is InChI=1S/C16H22N6O/c1-10-5-18-20-16(11(10)2)21-6-12-3-14(22-9-17-8-19-22)15(23)4-13(12)7-21/h5,8-9,12-15,23H,3-4,6-7H2,1-2H3/t12-,13+,14-,15-/m1/s1. The van der Waals surface area contributed by atoms with Crippen LogP contribution in [0.3, 0.4) is 0 Å². The molecular weight excluding hydrogens is 292 g/mol. The maximum atomic E-state index is 10.5. The molecule has 1 aliphatic carbocycles. The number of hydrogen-bond acceptors (Lipinski definition) is 6. The monoisotopic (exact) mass is 314 g/mol.